The first-order valence-electron chi connectivity index (χ1n) is 13.7. The van der Waals surface area contributed by atoms with Crippen molar-refractivity contribution in [2.75, 3.05) is 13.1 Å². The Morgan fingerprint density at radius 2 is 1.14 bits per heavy atom. The van der Waals surface area contributed by atoms with Crippen LogP contribution in [0.15, 0.2) is 164 Å². The average Bonchev–Trinajstić information content (AvgIpc) is 3.05. The van der Waals surface area contributed by atoms with Crippen LogP contribution in [0.1, 0.15) is 24.5 Å². The molecule has 0 N–H and O–H groups in total. The molecule has 0 saturated carbocycles. The Bertz CT molecular complexity index is 1240. The van der Waals surface area contributed by atoms with Gasteiger partial charge in [0.15, 0.2) is 18.9 Å². The van der Waals surface area contributed by atoms with Gasteiger partial charge in [-0.1, -0.05) is 131 Å². The van der Waals surface area contributed by atoms with Crippen LogP contribution in [-0.4, -0.2) is 31.4 Å². The first-order valence-corrected chi connectivity index (χ1v) is 14.8. The van der Waals surface area contributed by atoms with E-state index in [4.69, 9.17) is 0 Å². The molecule has 0 unspecified atom stereocenters. The quantitative estimate of drug-likeness (QED) is 0.121. The zero-order valence-electron chi connectivity index (χ0n) is 26.0. The van der Waals surface area contributed by atoms with Gasteiger partial charge < -0.3 is 18.4 Å². The summed E-state index contributed by atoms with van der Waals surface area (Å²) in [6, 6.07) is 43.2. The number of aromatic nitrogens is 2. The van der Waals surface area contributed by atoms with E-state index in [1.54, 1.807) is 12.4 Å². The van der Waals surface area contributed by atoms with Crippen LogP contribution in [0.25, 0.3) is 0 Å². The van der Waals surface area contributed by atoms with Gasteiger partial charge in [-0.05, 0) is 29.7 Å². The Labute approximate surface area is 303 Å². The predicted octanol–water partition coefficient (Wildman–Crippen LogP) is 1.87. The molecule has 43 heavy (non-hydrogen) atoms. The number of hydrogen-bond donors (Lipinski definition) is 0. The maximum absolute atomic E-state index is 3.78. The molecule has 3 heterocycles. The summed E-state index contributed by atoms with van der Waals surface area (Å²) in [5.74, 6) is 0. The van der Waals surface area contributed by atoms with Crippen molar-refractivity contribution in [3.63, 3.8) is 0 Å². The molecule has 0 amide bonds. The minimum Gasteiger partial charge on any atom is -1.00 e. The third-order valence-electron chi connectivity index (χ3n) is 5.94. The second kappa shape index (κ2) is 27.2. The van der Waals surface area contributed by atoms with Gasteiger partial charge in [-0.2, -0.15) is 0 Å². The molecular formula is C36H40BBr2N3Na. The molecule has 5 aromatic rings. The van der Waals surface area contributed by atoms with Gasteiger partial charge in [0.05, 0.1) is 0 Å². The normalized spacial score (nSPS) is 11.1. The molecule has 1 aliphatic heterocycles. The van der Waals surface area contributed by atoms with Crippen LogP contribution < -0.4 is 51.1 Å². The summed E-state index contributed by atoms with van der Waals surface area (Å²) in [6.45, 7) is 4.34. The molecule has 0 fully saturated rings. The van der Waals surface area contributed by atoms with E-state index in [1.807, 2.05) is 60.7 Å². The second-order valence-corrected chi connectivity index (χ2v) is 9.72. The number of hydrogen-bond acceptors (Lipinski definition) is 2. The van der Waals surface area contributed by atoms with Crippen molar-refractivity contribution in [2.45, 2.75) is 24.8 Å². The fourth-order valence-electron chi connectivity index (χ4n) is 3.89. The van der Waals surface area contributed by atoms with Crippen LogP contribution in [0, 0.1) is 0 Å². The Balaban J connectivity index is 0. The summed E-state index contributed by atoms with van der Waals surface area (Å²) in [7, 11) is 0. The molecule has 0 saturated heterocycles. The van der Waals surface area contributed by atoms with Gasteiger partial charge in [-0.15, -0.1) is 0 Å². The number of pyridine rings is 2. The molecule has 0 spiro atoms. The van der Waals surface area contributed by atoms with Crippen LogP contribution in [0.5, 0.6) is 0 Å². The fourth-order valence-corrected chi connectivity index (χ4v) is 4.26. The van der Waals surface area contributed by atoms with Gasteiger partial charge >= 0.3 is 29.6 Å². The van der Waals surface area contributed by atoms with Gasteiger partial charge in [0, 0.05) is 63.5 Å². The van der Waals surface area contributed by atoms with Crippen molar-refractivity contribution < 1.29 is 52.5 Å². The van der Waals surface area contributed by atoms with E-state index >= 15 is 0 Å². The van der Waals surface area contributed by atoms with Crippen LogP contribution in [0.3, 0.4) is 0 Å². The molecule has 6 rings (SSSR count). The first kappa shape index (κ1) is 40.7. The Morgan fingerprint density at radius 3 is 1.56 bits per heavy atom. The van der Waals surface area contributed by atoms with Gasteiger partial charge in [0.2, 0.25) is 0 Å². The predicted molar refractivity (Wildman–Crippen MR) is 178 cm³/mol. The molecule has 1 aliphatic rings. The van der Waals surface area contributed by atoms with E-state index < -0.39 is 0 Å². The van der Waals surface area contributed by atoms with Crippen molar-refractivity contribution >= 4 is 24.3 Å². The molecule has 3 aromatic carbocycles. The number of rotatable bonds is 5. The van der Waals surface area contributed by atoms with E-state index in [1.165, 1.54) is 29.7 Å². The molecule has 7 heteroatoms. The van der Waals surface area contributed by atoms with Crippen molar-refractivity contribution in [3.05, 3.63) is 181 Å². The Kier molecular flexibility index (Phi) is 25.8. The van der Waals surface area contributed by atoms with Crippen molar-refractivity contribution in [3.8, 4) is 0 Å². The maximum atomic E-state index is 3.78. The van der Waals surface area contributed by atoms with Crippen molar-refractivity contribution in [2.24, 2.45) is 0 Å². The first-order chi connectivity index (χ1) is 19.8. The number of alkyl halides is 1. The van der Waals surface area contributed by atoms with Gasteiger partial charge in [-0.3, -0.25) is 9.88 Å². The third-order valence-corrected chi connectivity index (χ3v) is 6.59. The summed E-state index contributed by atoms with van der Waals surface area (Å²) >= 11 is 3.36. The molecule has 0 atom stereocenters. The summed E-state index contributed by atoms with van der Waals surface area (Å²) in [5, 5.41) is 0.952. The topological polar surface area (TPSA) is 20.0 Å². The zero-order chi connectivity index (χ0) is 27.9. The minimum atomic E-state index is 0. The number of halogens is 2. The zero-order valence-corrected chi connectivity index (χ0v) is 30.2. The molecule has 0 aliphatic carbocycles. The summed E-state index contributed by atoms with van der Waals surface area (Å²) in [5.41, 5.74) is 4.07. The summed E-state index contributed by atoms with van der Waals surface area (Å²) < 4.78 is 2.16. The molecule has 217 valence electrons. The van der Waals surface area contributed by atoms with E-state index in [0.29, 0.717) is 0 Å². The van der Waals surface area contributed by atoms with Crippen LogP contribution in [0.2, 0.25) is 0 Å². The van der Waals surface area contributed by atoms with Crippen LogP contribution in [0.4, 0.5) is 0 Å². The summed E-state index contributed by atoms with van der Waals surface area (Å²) in [6.07, 6.45) is 13.4. The SMILES string of the molecule is BrCc1ccccc1.C1=CCN(Cc2ccccc2)CC1.[B].[Br-].[H-].[Na+].c1ccc(C[n+]2ccccc2)cc1.c1ccncc1. The van der Waals surface area contributed by atoms with E-state index in [9.17, 15) is 0 Å². The fraction of sp³-hybridized carbons (Fsp3) is 0.167. The molecule has 3 nitrogen and oxygen atoms in total. The van der Waals surface area contributed by atoms with E-state index in [-0.39, 0.29) is 56.4 Å². The molecule has 3 radical (unpaired) electrons. The number of benzene rings is 3. The van der Waals surface area contributed by atoms with Crippen molar-refractivity contribution in [1.82, 2.24) is 9.88 Å². The molecular weight excluding hydrogens is 668 g/mol. The van der Waals surface area contributed by atoms with Crippen molar-refractivity contribution in [1.29, 1.82) is 0 Å². The third kappa shape index (κ3) is 19.6. The van der Waals surface area contributed by atoms with Crippen LogP contribution >= 0.6 is 15.9 Å². The van der Waals surface area contributed by atoms with Gasteiger partial charge in [0.25, 0.3) is 0 Å². The largest absolute Gasteiger partial charge is 1.00 e. The average molecular weight is 708 g/mol. The van der Waals surface area contributed by atoms with E-state index in [2.05, 4.69) is 122 Å². The maximum Gasteiger partial charge on any atom is 1.00 e. The standard InChI is InChI=1S/C12H15N.C12H12N.C7H7Br.C5H5N.B.BrH.Na.H/c2*1-3-7-12(8-4-1)11-13-9-5-2-6-10-13;8-6-7-4-2-1-3-5-7;1-2-4-6-5-3-1;;;;/h1-5,7-8H,6,9-11H2;1-10H,11H2;1-5H,6H2;1-5H;;1H;;/q;+1;;;;;+1;-1/p-1. The Morgan fingerprint density at radius 1 is 0.651 bits per heavy atom. The van der Waals surface area contributed by atoms with E-state index in [0.717, 1.165) is 25.0 Å². The van der Waals surface area contributed by atoms with Crippen LogP contribution in [-0.2, 0) is 18.4 Å². The smallest absolute Gasteiger partial charge is 1.00 e. The molecule has 2 aromatic heterocycles. The van der Waals surface area contributed by atoms with Gasteiger partial charge in [-0.25, -0.2) is 4.57 Å². The number of nitrogens with zero attached hydrogens (tertiary/aromatic N) is 3. The molecule has 0 bridgehead atoms. The second-order valence-electron chi connectivity index (χ2n) is 9.16. The summed E-state index contributed by atoms with van der Waals surface area (Å²) in [4.78, 5) is 6.25. The Hall–Kier alpha value is -2.32. The minimum absolute atomic E-state index is 0. The van der Waals surface area contributed by atoms with Gasteiger partial charge in [0.1, 0.15) is 0 Å². The monoisotopic (exact) mass is 706 g/mol.